The lowest BCUT2D eigenvalue weighted by molar-refractivity contribution is -0.139. The summed E-state index contributed by atoms with van der Waals surface area (Å²) in [5.74, 6) is 0.863. The third-order valence-corrected chi connectivity index (χ3v) is 4.17. The molecule has 0 aliphatic heterocycles. The van der Waals surface area contributed by atoms with E-state index in [0.717, 1.165) is 0 Å². The number of hydrogen-bond acceptors (Lipinski definition) is 4. The van der Waals surface area contributed by atoms with Gasteiger partial charge in [0, 0.05) is 13.7 Å². The van der Waals surface area contributed by atoms with Crippen molar-refractivity contribution in [2.24, 2.45) is 0 Å². The van der Waals surface area contributed by atoms with Crippen LogP contribution < -0.4 is 4.74 Å². The summed E-state index contributed by atoms with van der Waals surface area (Å²) in [6.07, 6.45) is 0.841. The van der Waals surface area contributed by atoms with Gasteiger partial charge in [0.25, 0.3) is 5.91 Å². The molecule has 5 nitrogen and oxygen atoms in total. The number of carbonyl (C=O) groups is 1. The highest BCUT2D eigenvalue weighted by atomic mass is 35.5. The Morgan fingerprint density at radius 3 is 2.75 bits per heavy atom. The molecule has 0 N–H and O–H groups in total. The lowest BCUT2D eigenvalue weighted by Gasteiger charge is -2.25. The molecule has 0 saturated heterocycles. The highest BCUT2D eigenvalue weighted by molar-refractivity contribution is 6.42. The van der Waals surface area contributed by atoms with Crippen LogP contribution in [0.2, 0.25) is 10.0 Å². The molecule has 1 amide bonds. The lowest BCUT2D eigenvalue weighted by atomic mass is 10.3. The Balaban J connectivity index is 2.07. The smallest absolute Gasteiger partial charge is 0.263 e. The zero-order valence-electron chi connectivity index (χ0n) is 13.5. The van der Waals surface area contributed by atoms with Crippen molar-refractivity contribution in [3.05, 3.63) is 52.4 Å². The van der Waals surface area contributed by atoms with Gasteiger partial charge in [-0.25, -0.2) is 0 Å². The van der Waals surface area contributed by atoms with Gasteiger partial charge in [-0.15, -0.1) is 0 Å². The summed E-state index contributed by atoms with van der Waals surface area (Å²) in [5.41, 5.74) is 0. The molecular weight excluding hydrogens is 353 g/mol. The van der Waals surface area contributed by atoms with Crippen molar-refractivity contribution in [3.8, 4) is 5.75 Å². The zero-order chi connectivity index (χ0) is 17.5. The van der Waals surface area contributed by atoms with Gasteiger partial charge in [0.2, 0.25) is 0 Å². The molecule has 1 heterocycles. The molecule has 0 fully saturated rings. The Bertz CT molecular complexity index is 661. The van der Waals surface area contributed by atoms with Crippen LogP contribution in [0.5, 0.6) is 5.75 Å². The summed E-state index contributed by atoms with van der Waals surface area (Å²) in [7, 11) is 1.58. The van der Waals surface area contributed by atoms with Crippen LogP contribution in [-0.2, 0) is 16.1 Å². The van der Waals surface area contributed by atoms with Crippen molar-refractivity contribution in [1.82, 2.24) is 4.90 Å². The van der Waals surface area contributed by atoms with Crippen LogP contribution in [-0.4, -0.2) is 37.2 Å². The normalized spacial score (nSPS) is 12.0. The van der Waals surface area contributed by atoms with Crippen LogP contribution in [0.25, 0.3) is 0 Å². The first kappa shape index (κ1) is 18.6. The fourth-order valence-corrected chi connectivity index (χ4v) is 2.47. The molecule has 2 aromatic rings. The van der Waals surface area contributed by atoms with E-state index >= 15 is 0 Å². The van der Waals surface area contributed by atoms with Crippen molar-refractivity contribution in [3.63, 3.8) is 0 Å². The standard InChI is InChI=1S/C17H19Cl2NO4/c1-12(24-15-7-3-6-14(18)16(15)19)17(21)20(8-10-22-2)11-13-5-4-9-23-13/h3-7,9,12H,8,10-11H2,1-2H3. The maximum absolute atomic E-state index is 12.7. The minimum Gasteiger partial charge on any atom is -0.479 e. The number of nitrogens with zero attached hydrogens (tertiary/aromatic N) is 1. The van der Waals surface area contributed by atoms with Gasteiger partial charge in [0.1, 0.15) is 16.5 Å². The predicted molar refractivity (Wildman–Crippen MR) is 92.6 cm³/mol. The monoisotopic (exact) mass is 371 g/mol. The third-order valence-electron chi connectivity index (χ3n) is 3.37. The maximum Gasteiger partial charge on any atom is 0.263 e. The SMILES string of the molecule is COCCN(Cc1ccco1)C(=O)C(C)Oc1cccc(Cl)c1Cl. The summed E-state index contributed by atoms with van der Waals surface area (Å²) >= 11 is 12.1. The molecule has 2 rings (SSSR count). The Hall–Kier alpha value is -1.69. The fraction of sp³-hybridized carbons (Fsp3) is 0.353. The molecule has 1 aromatic heterocycles. The van der Waals surface area contributed by atoms with E-state index in [1.165, 1.54) is 0 Å². The Kier molecular flexibility index (Phi) is 6.97. The first-order valence-corrected chi connectivity index (χ1v) is 8.19. The third kappa shape index (κ3) is 4.90. The second kappa shape index (κ2) is 8.97. The zero-order valence-corrected chi connectivity index (χ0v) is 15.0. The van der Waals surface area contributed by atoms with Crippen molar-refractivity contribution >= 4 is 29.1 Å². The topological polar surface area (TPSA) is 51.9 Å². The van der Waals surface area contributed by atoms with Gasteiger partial charge >= 0.3 is 0 Å². The van der Waals surface area contributed by atoms with E-state index in [1.54, 1.807) is 49.5 Å². The summed E-state index contributed by atoms with van der Waals surface area (Å²) in [6.45, 7) is 2.85. The van der Waals surface area contributed by atoms with Crippen LogP contribution >= 0.6 is 23.2 Å². The van der Waals surface area contributed by atoms with Crippen LogP contribution in [0, 0.1) is 0 Å². The average molecular weight is 372 g/mol. The number of furan rings is 1. The first-order valence-electron chi connectivity index (χ1n) is 7.43. The number of ether oxygens (including phenoxy) is 2. The molecule has 0 aliphatic carbocycles. The predicted octanol–water partition coefficient (Wildman–Crippen LogP) is 4.03. The molecule has 0 radical (unpaired) electrons. The van der Waals surface area contributed by atoms with Crippen LogP contribution in [0.15, 0.2) is 41.0 Å². The van der Waals surface area contributed by atoms with E-state index in [2.05, 4.69) is 0 Å². The minimum absolute atomic E-state index is 0.195. The average Bonchev–Trinajstić information content (AvgIpc) is 3.08. The molecule has 0 bridgehead atoms. The summed E-state index contributed by atoms with van der Waals surface area (Å²) in [5, 5.41) is 0.661. The number of amides is 1. The molecule has 0 aliphatic rings. The molecule has 1 atom stereocenters. The molecule has 1 unspecified atom stereocenters. The summed E-state index contributed by atoms with van der Waals surface area (Å²) in [4.78, 5) is 14.3. The molecule has 7 heteroatoms. The van der Waals surface area contributed by atoms with Gasteiger partial charge in [0.05, 0.1) is 24.4 Å². The van der Waals surface area contributed by atoms with E-state index in [-0.39, 0.29) is 10.9 Å². The van der Waals surface area contributed by atoms with Crippen LogP contribution in [0.4, 0.5) is 0 Å². The Labute approximate surface area is 151 Å². The number of methoxy groups -OCH3 is 1. The number of carbonyl (C=O) groups excluding carboxylic acids is 1. The fourth-order valence-electron chi connectivity index (χ4n) is 2.13. The Morgan fingerprint density at radius 2 is 2.08 bits per heavy atom. The van der Waals surface area contributed by atoms with Gasteiger partial charge in [0.15, 0.2) is 6.10 Å². The second-order valence-corrected chi connectivity index (χ2v) is 5.93. The van der Waals surface area contributed by atoms with E-state index < -0.39 is 6.10 Å². The van der Waals surface area contributed by atoms with Gasteiger partial charge in [-0.3, -0.25) is 4.79 Å². The highest BCUT2D eigenvalue weighted by Crippen LogP contribution is 2.32. The first-order chi connectivity index (χ1) is 11.5. The van der Waals surface area contributed by atoms with Crippen LogP contribution in [0.3, 0.4) is 0 Å². The van der Waals surface area contributed by atoms with Gasteiger partial charge in [-0.05, 0) is 31.2 Å². The van der Waals surface area contributed by atoms with Crippen molar-refractivity contribution in [2.75, 3.05) is 20.3 Å². The highest BCUT2D eigenvalue weighted by Gasteiger charge is 2.24. The van der Waals surface area contributed by atoms with Crippen molar-refractivity contribution in [1.29, 1.82) is 0 Å². The van der Waals surface area contributed by atoms with Gasteiger partial charge in [-0.1, -0.05) is 29.3 Å². The largest absolute Gasteiger partial charge is 0.479 e. The molecule has 0 saturated carbocycles. The minimum atomic E-state index is -0.729. The molecule has 0 spiro atoms. The van der Waals surface area contributed by atoms with Gasteiger partial charge < -0.3 is 18.8 Å². The summed E-state index contributed by atoms with van der Waals surface area (Å²) < 4.78 is 16.1. The lowest BCUT2D eigenvalue weighted by Crippen LogP contribution is -2.41. The van der Waals surface area contributed by atoms with E-state index in [4.69, 9.17) is 37.1 Å². The molecule has 1 aromatic carbocycles. The molecular formula is C17H19Cl2NO4. The number of benzene rings is 1. The van der Waals surface area contributed by atoms with Crippen molar-refractivity contribution < 1.29 is 18.7 Å². The number of hydrogen-bond donors (Lipinski definition) is 0. The van der Waals surface area contributed by atoms with Gasteiger partial charge in [-0.2, -0.15) is 0 Å². The number of rotatable bonds is 8. The van der Waals surface area contributed by atoms with Crippen LogP contribution in [0.1, 0.15) is 12.7 Å². The number of halogens is 2. The molecule has 130 valence electrons. The van der Waals surface area contributed by atoms with E-state index in [9.17, 15) is 4.79 Å². The van der Waals surface area contributed by atoms with E-state index in [0.29, 0.717) is 36.2 Å². The summed E-state index contributed by atoms with van der Waals surface area (Å²) in [6, 6.07) is 8.63. The maximum atomic E-state index is 12.7. The van der Waals surface area contributed by atoms with E-state index in [1.807, 2.05) is 6.07 Å². The molecule has 24 heavy (non-hydrogen) atoms. The quantitative estimate of drug-likeness (QED) is 0.702. The van der Waals surface area contributed by atoms with Crippen molar-refractivity contribution in [2.45, 2.75) is 19.6 Å². The Morgan fingerprint density at radius 1 is 1.29 bits per heavy atom. The second-order valence-electron chi connectivity index (χ2n) is 5.14.